The third-order valence-electron chi connectivity index (χ3n) is 4.52. The number of nitrogens with one attached hydrogen (secondary N) is 2. The van der Waals surface area contributed by atoms with Crippen LogP contribution in [0.3, 0.4) is 0 Å². The molecule has 30 heavy (non-hydrogen) atoms. The van der Waals surface area contributed by atoms with Crippen LogP contribution in [0.15, 0.2) is 53.4 Å². The summed E-state index contributed by atoms with van der Waals surface area (Å²) in [7, 11) is -3.79. The highest BCUT2D eigenvalue weighted by Gasteiger charge is 2.32. The molecule has 0 aliphatic carbocycles. The number of morpholine rings is 1. The third kappa shape index (κ3) is 5.17. The lowest BCUT2D eigenvalue weighted by Gasteiger charge is -2.34. The molecule has 0 spiro atoms. The van der Waals surface area contributed by atoms with Crippen molar-refractivity contribution in [2.45, 2.75) is 31.0 Å². The molecule has 2 aromatic carbocycles. The van der Waals surface area contributed by atoms with E-state index in [1.807, 2.05) is 13.8 Å². The van der Waals surface area contributed by atoms with Gasteiger partial charge in [-0.1, -0.05) is 17.7 Å². The molecule has 2 atom stereocenters. The minimum absolute atomic E-state index is 0.000442. The molecule has 160 valence electrons. The van der Waals surface area contributed by atoms with Gasteiger partial charge in [0, 0.05) is 29.2 Å². The standard InChI is InChI=1S/C20H22ClN3O5S/c1-13-11-24(12-14(2)29-13)30(27,28)18-5-3-4-16(10-18)20(26)23-22-19(25)15-6-8-17(21)9-7-15/h3-10,13-14H,11-12H2,1-2H3,(H,22,25)(H,23,26). The van der Waals surface area contributed by atoms with Crippen molar-refractivity contribution in [2.24, 2.45) is 0 Å². The normalized spacial score (nSPS) is 19.8. The van der Waals surface area contributed by atoms with Gasteiger partial charge >= 0.3 is 0 Å². The lowest BCUT2D eigenvalue weighted by molar-refractivity contribution is -0.0440. The van der Waals surface area contributed by atoms with Crippen molar-refractivity contribution in [1.82, 2.24) is 15.2 Å². The molecule has 0 saturated carbocycles. The largest absolute Gasteiger partial charge is 0.373 e. The molecule has 0 bridgehead atoms. The van der Waals surface area contributed by atoms with Crippen LogP contribution >= 0.6 is 11.6 Å². The van der Waals surface area contributed by atoms with E-state index in [1.165, 1.54) is 40.7 Å². The Bertz CT molecular complexity index is 1030. The van der Waals surface area contributed by atoms with Crippen LogP contribution in [0.1, 0.15) is 34.6 Å². The number of benzene rings is 2. The number of carbonyl (C=O) groups is 2. The topological polar surface area (TPSA) is 105 Å². The van der Waals surface area contributed by atoms with Gasteiger partial charge in [0.05, 0.1) is 17.1 Å². The molecule has 3 rings (SSSR count). The first-order valence-electron chi connectivity index (χ1n) is 9.29. The fourth-order valence-electron chi connectivity index (χ4n) is 3.13. The first-order valence-corrected chi connectivity index (χ1v) is 11.1. The Morgan fingerprint density at radius 3 is 2.13 bits per heavy atom. The summed E-state index contributed by atoms with van der Waals surface area (Å²) >= 11 is 5.79. The Balaban J connectivity index is 1.70. The molecule has 2 unspecified atom stereocenters. The van der Waals surface area contributed by atoms with Gasteiger partial charge in [-0.15, -0.1) is 0 Å². The van der Waals surface area contributed by atoms with E-state index in [0.29, 0.717) is 10.6 Å². The first kappa shape index (κ1) is 22.2. The van der Waals surface area contributed by atoms with Crippen molar-refractivity contribution in [3.63, 3.8) is 0 Å². The van der Waals surface area contributed by atoms with Crippen LogP contribution in [-0.4, -0.2) is 49.8 Å². The van der Waals surface area contributed by atoms with E-state index in [0.717, 1.165) is 0 Å². The fraction of sp³-hybridized carbons (Fsp3) is 0.300. The van der Waals surface area contributed by atoms with Gasteiger partial charge in [0.2, 0.25) is 10.0 Å². The second-order valence-electron chi connectivity index (χ2n) is 7.02. The predicted molar refractivity (Wildman–Crippen MR) is 112 cm³/mol. The molecule has 1 saturated heterocycles. The predicted octanol–water partition coefficient (Wildman–Crippen LogP) is 2.21. The average molecular weight is 452 g/mol. The molecule has 10 heteroatoms. The maximum absolute atomic E-state index is 13.0. The number of hydrogen-bond acceptors (Lipinski definition) is 5. The molecule has 0 radical (unpaired) electrons. The van der Waals surface area contributed by atoms with Gasteiger partial charge in [-0.2, -0.15) is 4.31 Å². The van der Waals surface area contributed by atoms with Crippen molar-refractivity contribution in [1.29, 1.82) is 0 Å². The number of ether oxygens (including phenoxy) is 1. The Morgan fingerprint density at radius 1 is 0.967 bits per heavy atom. The lowest BCUT2D eigenvalue weighted by Crippen LogP contribution is -2.48. The van der Waals surface area contributed by atoms with E-state index in [4.69, 9.17) is 16.3 Å². The van der Waals surface area contributed by atoms with Crippen LogP contribution in [0.5, 0.6) is 0 Å². The van der Waals surface area contributed by atoms with Crippen LogP contribution in [0.2, 0.25) is 5.02 Å². The van der Waals surface area contributed by atoms with Gasteiger partial charge in [-0.3, -0.25) is 20.4 Å². The van der Waals surface area contributed by atoms with Crippen molar-refractivity contribution >= 4 is 33.4 Å². The molecular weight excluding hydrogens is 430 g/mol. The zero-order chi connectivity index (χ0) is 21.9. The third-order valence-corrected chi connectivity index (χ3v) is 6.60. The summed E-state index contributed by atoms with van der Waals surface area (Å²) in [5, 5.41) is 0.484. The molecule has 0 aromatic heterocycles. The summed E-state index contributed by atoms with van der Waals surface area (Å²) in [5.74, 6) is -1.17. The minimum atomic E-state index is -3.79. The quantitative estimate of drug-likeness (QED) is 0.693. The Morgan fingerprint density at radius 2 is 1.53 bits per heavy atom. The summed E-state index contributed by atoms with van der Waals surface area (Å²) in [6.07, 6.45) is -0.448. The lowest BCUT2D eigenvalue weighted by atomic mass is 10.2. The van der Waals surface area contributed by atoms with Gasteiger partial charge in [0.1, 0.15) is 0 Å². The second kappa shape index (κ2) is 9.13. The maximum Gasteiger partial charge on any atom is 0.269 e. The highest BCUT2D eigenvalue weighted by atomic mass is 35.5. The van der Waals surface area contributed by atoms with E-state index in [9.17, 15) is 18.0 Å². The highest BCUT2D eigenvalue weighted by Crippen LogP contribution is 2.22. The smallest absolute Gasteiger partial charge is 0.269 e. The number of rotatable bonds is 4. The molecule has 1 aliphatic heterocycles. The summed E-state index contributed by atoms with van der Waals surface area (Å²) in [5.41, 5.74) is 4.99. The summed E-state index contributed by atoms with van der Waals surface area (Å²) < 4.78 is 32.9. The molecule has 2 N–H and O–H groups in total. The molecular formula is C20H22ClN3O5S. The zero-order valence-electron chi connectivity index (χ0n) is 16.5. The fourth-order valence-corrected chi connectivity index (χ4v) is 4.90. The van der Waals surface area contributed by atoms with Gasteiger partial charge in [0.15, 0.2) is 0 Å². The van der Waals surface area contributed by atoms with Crippen LogP contribution in [0.4, 0.5) is 0 Å². The number of hydrogen-bond donors (Lipinski definition) is 2. The van der Waals surface area contributed by atoms with E-state index in [1.54, 1.807) is 12.1 Å². The Labute approximate surface area is 180 Å². The number of amides is 2. The van der Waals surface area contributed by atoms with Crippen molar-refractivity contribution in [3.05, 3.63) is 64.7 Å². The highest BCUT2D eigenvalue weighted by molar-refractivity contribution is 7.89. The number of sulfonamides is 1. The Kier molecular flexibility index (Phi) is 6.77. The number of nitrogens with zero attached hydrogens (tertiary/aromatic N) is 1. The van der Waals surface area contributed by atoms with Crippen molar-refractivity contribution in [3.8, 4) is 0 Å². The minimum Gasteiger partial charge on any atom is -0.373 e. The van der Waals surface area contributed by atoms with Crippen LogP contribution in [0, 0.1) is 0 Å². The van der Waals surface area contributed by atoms with Crippen molar-refractivity contribution < 1.29 is 22.7 Å². The number of halogens is 1. The van der Waals surface area contributed by atoms with Crippen LogP contribution < -0.4 is 10.9 Å². The van der Waals surface area contributed by atoms with E-state index in [2.05, 4.69) is 10.9 Å². The summed E-state index contributed by atoms with van der Waals surface area (Å²) in [6, 6.07) is 11.8. The average Bonchev–Trinajstić information content (AvgIpc) is 2.71. The molecule has 2 amide bonds. The molecule has 8 nitrogen and oxygen atoms in total. The van der Waals surface area contributed by atoms with Crippen LogP contribution in [-0.2, 0) is 14.8 Å². The monoisotopic (exact) mass is 451 g/mol. The molecule has 1 aliphatic rings. The van der Waals surface area contributed by atoms with Gasteiger partial charge in [-0.25, -0.2) is 8.42 Å². The van der Waals surface area contributed by atoms with Gasteiger partial charge in [-0.05, 0) is 56.3 Å². The zero-order valence-corrected chi connectivity index (χ0v) is 18.0. The summed E-state index contributed by atoms with van der Waals surface area (Å²) in [4.78, 5) is 24.5. The summed E-state index contributed by atoms with van der Waals surface area (Å²) in [6.45, 7) is 4.09. The van der Waals surface area contributed by atoms with E-state index in [-0.39, 0.29) is 35.8 Å². The van der Waals surface area contributed by atoms with E-state index >= 15 is 0 Å². The van der Waals surface area contributed by atoms with Crippen molar-refractivity contribution in [2.75, 3.05) is 13.1 Å². The second-order valence-corrected chi connectivity index (χ2v) is 9.40. The van der Waals surface area contributed by atoms with Crippen LogP contribution in [0.25, 0.3) is 0 Å². The first-order chi connectivity index (χ1) is 14.2. The SMILES string of the molecule is CC1CN(S(=O)(=O)c2cccc(C(=O)NNC(=O)c3ccc(Cl)cc3)c2)CC(C)O1. The molecule has 1 heterocycles. The molecule has 1 fully saturated rings. The van der Waals surface area contributed by atoms with E-state index < -0.39 is 21.8 Å². The van der Waals surface area contributed by atoms with Gasteiger partial charge in [0.25, 0.3) is 11.8 Å². The van der Waals surface area contributed by atoms with Gasteiger partial charge < -0.3 is 4.74 Å². The number of hydrazine groups is 1. The number of carbonyl (C=O) groups excluding carboxylic acids is 2. The maximum atomic E-state index is 13.0. The molecule has 2 aromatic rings. The Hall–Kier alpha value is -2.46.